The van der Waals surface area contributed by atoms with E-state index in [9.17, 15) is 14.0 Å². The molecule has 0 unspecified atom stereocenters. The molecule has 0 aliphatic heterocycles. The summed E-state index contributed by atoms with van der Waals surface area (Å²) in [6, 6.07) is 2.64. The van der Waals surface area contributed by atoms with Crippen molar-refractivity contribution in [3.8, 4) is 5.75 Å². The lowest BCUT2D eigenvalue weighted by atomic mass is 10.1. The van der Waals surface area contributed by atoms with E-state index in [1.807, 2.05) is 20.8 Å². The number of benzene rings is 1. The van der Waals surface area contributed by atoms with Crippen LogP contribution in [0, 0.1) is 5.82 Å². The van der Waals surface area contributed by atoms with E-state index in [0.29, 0.717) is 4.47 Å². The van der Waals surface area contributed by atoms with E-state index in [0.717, 1.165) is 0 Å². The van der Waals surface area contributed by atoms with Crippen LogP contribution in [0.5, 0.6) is 5.75 Å². The molecular formula is C14H17BrFNO3. The van der Waals surface area contributed by atoms with Gasteiger partial charge in [-0.25, -0.2) is 4.39 Å². The van der Waals surface area contributed by atoms with Crippen molar-refractivity contribution in [1.29, 1.82) is 0 Å². The lowest BCUT2D eigenvalue weighted by molar-refractivity contribution is -0.124. The molecule has 1 aromatic rings. The minimum atomic E-state index is -0.687. The van der Waals surface area contributed by atoms with Gasteiger partial charge in [-0.05, 0) is 39.8 Å². The Balaban J connectivity index is 2.88. The number of carbonyl (C=O) groups excluding carboxylic acids is 2. The SMILES string of the molecule is CC(=O)c1cc(Br)cc(F)c1OCC(=O)NC(C)(C)C. The van der Waals surface area contributed by atoms with E-state index in [2.05, 4.69) is 21.2 Å². The number of halogens is 2. The van der Waals surface area contributed by atoms with Crippen molar-refractivity contribution in [2.24, 2.45) is 0 Å². The van der Waals surface area contributed by atoms with Gasteiger partial charge in [0.05, 0.1) is 5.56 Å². The molecule has 6 heteroatoms. The van der Waals surface area contributed by atoms with Crippen molar-refractivity contribution in [1.82, 2.24) is 5.32 Å². The van der Waals surface area contributed by atoms with E-state index >= 15 is 0 Å². The molecule has 0 fully saturated rings. The highest BCUT2D eigenvalue weighted by atomic mass is 79.9. The Morgan fingerprint density at radius 3 is 2.45 bits per heavy atom. The van der Waals surface area contributed by atoms with Crippen LogP contribution in [0.4, 0.5) is 4.39 Å². The van der Waals surface area contributed by atoms with Crippen LogP contribution in [-0.2, 0) is 4.79 Å². The van der Waals surface area contributed by atoms with Gasteiger partial charge in [-0.1, -0.05) is 15.9 Å². The molecule has 110 valence electrons. The van der Waals surface area contributed by atoms with E-state index in [-0.39, 0.29) is 29.6 Å². The van der Waals surface area contributed by atoms with Gasteiger partial charge in [0.15, 0.2) is 24.0 Å². The summed E-state index contributed by atoms with van der Waals surface area (Å²) in [5, 5.41) is 2.69. The maximum absolute atomic E-state index is 13.8. The zero-order valence-corrected chi connectivity index (χ0v) is 13.4. The predicted molar refractivity (Wildman–Crippen MR) is 77.5 cm³/mol. The van der Waals surface area contributed by atoms with Gasteiger partial charge in [-0.3, -0.25) is 9.59 Å². The average molecular weight is 346 g/mol. The molecule has 0 aromatic heterocycles. The standard InChI is InChI=1S/C14H17BrFNO3/c1-8(18)10-5-9(15)6-11(16)13(10)20-7-12(19)17-14(2,3)4/h5-6H,7H2,1-4H3,(H,17,19). The topological polar surface area (TPSA) is 55.4 Å². The van der Waals surface area contributed by atoms with Crippen LogP contribution in [-0.4, -0.2) is 23.8 Å². The molecule has 0 saturated heterocycles. The van der Waals surface area contributed by atoms with Crippen molar-refractivity contribution in [2.45, 2.75) is 33.2 Å². The fourth-order valence-corrected chi connectivity index (χ4v) is 1.99. The summed E-state index contributed by atoms with van der Waals surface area (Å²) in [6.07, 6.45) is 0. The lowest BCUT2D eigenvalue weighted by Gasteiger charge is -2.20. The third-order valence-electron chi connectivity index (χ3n) is 2.25. The first kappa shape index (κ1) is 16.6. The maximum atomic E-state index is 13.8. The Labute approximate surface area is 125 Å². The summed E-state index contributed by atoms with van der Waals surface area (Å²) in [7, 11) is 0. The van der Waals surface area contributed by atoms with Crippen molar-refractivity contribution >= 4 is 27.6 Å². The second kappa shape index (κ2) is 6.35. The number of Topliss-reactive ketones (excluding diaryl/α,β-unsaturated/α-hetero) is 1. The molecule has 1 aromatic carbocycles. The first-order valence-corrected chi connectivity index (χ1v) is 6.83. The van der Waals surface area contributed by atoms with Crippen LogP contribution < -0.4 is 10.1 Å². The van der Waals surface area contributed by atoms with Crippen LogP contribution in [0.15, 0.2) is 16.6 Å². The van der Waals surface area contributed by atoms with Crippen molar-refractivity contribution < 1.29 is 18.7 Å². The van der Waals surface area contributed by atoms with E-state index in [4.69, 9.17) is 4.74 Å². The first-order valence-electron chi connectivity index (χ1n) is 6.04. The Morgan fingerprint density at radius 2 is 1.95 bits per heavy atom. The first-order chi connectivity index (χ1) is 9.10. The van der Waals surface area contributed by atoms with Crippen LogP contribution in [0.1, 0.15) is 38.1 Å². The number of carbonyl (C=O) groups is 2. The molecule has 0 aliphatic rings. The molecule has 0 spiro atoms. The number of ketones is 1. The number of hydrogen-bond donors (Lipinski definition) is 1. The highest BCUT2D eigenvalue weighted by Gasteiger charge is 2.18. The number of hydrogen-bond acceptors (Lipinski definition) is 3. The van der Waals surface area contributed by atoms with Crippen molar-refractivity contribution in [2.75, 3.05) is 6.61 Å². The molecule has 1 amide bonds. The van der Waals surface area contributed by atoms with Crippen molar-refractivity contribution in [3.05, 3.63) is 28.0 Å². The molecule has 4 nitrogen and oxygen atoms in total. The summed E-state index contributed by atoms with van der Waals surface area (Å²) < 4.78 is 19.4. The number of rotatable bonds is 4. The molecule has 1 rings (SSSR count). The maximum Gasteiger partial charge on any atom is 0.258 e. The van der Waals surface area contributed by atoms with Gasteiger partial charge < -0.3 is 10.1 Å². The van der Waals surface area contributed by atoms with Crippen molar-refractivity contribution in [3.63, 3.8) is 0 Å². The van der Waals surface area contributed by atoms with Gasteiger partial charge in [0, 0.05) is 10.0 Å². The Kier molecular flexibility index (Phi) is 5.28. The third kappa shape index (κ3) is 4.92. The smallest absolute Gasteiger partial charge is 0.258 e. The molecule has 0 bridgehead atoms. The number of amides is 1. The normalized spacial score (nSPS) is 11.1. The zero-order valence-electron chi connectivity index (χ0n) is 11.8. The van der Waals surface area contributed by atoms with E-state index in [1.165, 1.54) is 19.1 Å². The van der Waals surface area contributed by atoms with E-state index < -0.39 is 11.4 Å². The van der Waals surface area contributed by atoms with Crippen LogP contribution in [0.2, 0.25) is 0 Å². The predicted octanol–water partition coefficient (Wildman–Crippen LogP) is 3.08. The Morgan fingerprint density at radius 1 is 1.35 bits per heavy atom. The van der Waals surface area contributed by atoms with Gasteiger partial charge in [-0.15, -0.1) is 0 Å². The summed E-state index contributed by atoms with van der Waals surface area (Å²) in [5.41, 5.74) is -0.303. The van der Waals surface area contributed by atoms with Crippen LogP contribution >= 0.6 is 15.9 Å². The van der Waals surface area contributed by atoms with Gasteiger partial charge in [-0.2, -0.15) is 0 Å². The molecular weight excluding hydrogens is 329 g/mol. The average Bonchev–Trinajstić information content (AvgIpc) is 2.24. The molecule has 20 heavy (non-hydrogen) atoms. The molecule has 0 saturated carbocycles. The van der Waals surface area contributed by atoms with Gasteiger partial charge >= 0.3 is 0 Å². The molecule has 0 aliphatic carbocycles. The minimum absolute atomic E-state index is 0.0976. The molecule has 0 atom stereocenters. The fourth-order valence-electron chi connectivity index (χ4n) is 1.56. The summed E-state index contributed by atoms with van der Waals surface area (Å²) in [5.74, 6) is -1.61. The zero-order chi connectivity index (χ0) is 15.5. The monoisotopic (exact) mass is 345 g/mol. The molecule has 1 N–H and O–H groups in total. The Hall–Kier alpha value is -1.43. The summed E-state index contributed by atoms with van der Waals surface area (Å²) in [4.78, 5) is 23.1. The van der Waals surface area contributed by atoms with E-state index in [1.54, 1.807) is 0 Å². The largest absolute Gasteiger partial charge is 0.480 e. The quantitative estimate of drug-likeness (QED) is 0.853. The van der Waals surface area contributed by atoms with Gasteiger partial charge in [0.2, 0.25) is 0 Å². The highest BCUT2D eigenvalue weighted by Crippen LogP contribution is 2.27. The summed E-state index contributed by atoms with van der Waals surface area (Å²) >= 11 is 3.11. The fraction of sp³-hybridized carbons (Fsp3) is 0.429. The Bertz CT molecular complexity index is 538. The highest BCUT2D eigenvalue weighted by molar-refractivity contribution is 9.10. The lowest BCUT2D eigenvalue weighted by Crippen LogP contribution is -2.43. The third-order valence-corrected chi connectivity index (χ3v) is 2.71. The number of ether oxygens (including phenoxy) is 1. The minimum Gasteiger partial charge on any atom is -0.480 e. The molecule has 0 radical (unpaired) electrons. The summed E-state index contributed by atoms with van der Waals surface area (Å²) in [6.45, 7) is 6.43. The van der Waals surface area contributed by atoms with Gasteiger partial charge in [0.1, 0.15) is 0 Å². The van der Waals surface area contributed by atoms with Gasteiger partial charge in [0.25, 0.3) is 5.91 Å². The number of nitrogens with one attached hydrogen (secondary N) is 1. The second-order valence-corrected chi connectivity index (χ2v) is 6.32. The van der Waals surface area contributed by atoms with Crippen LogP contribution in [0.3, 0.4) is 0 Å². The molecule has 0 heterocycles. The van der Waals surface area contributed by atoms with Crippen LogP contribution in [0.25, 0.3) is 0 Å². The second-order valence-electron chi connectivity index (χ2n) is 5.41.